The summed E-state index contributed by atoms with van der Waals surface area (Å²) in [6.45, 7) is 1.73. The van der Waals surface area contributed by atoms with Crippen molar-refractivity contribution in [3.05, 3.63) is 47.4 Å². The smallest absolute Gasteiger partial charge is 0.384 e. The molecule has 0 spiro atoms. The van der Waals surface area contributed by atoms with Crippen LogP contribution in [0.2, 0.25) is 0 Å². The van der Waals surface area contributed by atoms with E-state index in [0.717, 1.165) is 12.1 Å². The number of aromatic nitrogens is 1. The van der Waals surface area contributed by atoms with Crippen molar-refractivity contribution in [3.8, 4) is 11.1 Å². The highest BCUT2D eigenvalue weighted by Gasteiger charge is 2.33. The normalized spacial score (nSPS) is 11.6. The molecular weight excluding hydrogens is 260 g/mol. The van der Waals surface area contributed by atoms with Gasteiger partial charge in [-0.25, -0.2) is 9.37 Å². The lowest BCUT2D eigenvalue weighted by molar-refractivity contribution is -0.139. The van der Waals surface area contributed by atoms with Gasteiger partial charge in [0.2, 0.25) is 0 Å². The van der Waals surface area contributed by atoms with Gasteiger partial charge in [0.1, 0.15) is 11.6 Å². The molecule has 2 rings (SSSR count). The second kappa shape index (κ2) is 4.53. The van der Waals surface area contributed by atoms with Crippen molar-refractivity contribution in [1.29, 1.82) is 0 Å². The molecule has 0 bridgehead atoms. The lowest BCUT2D eigenvalue weighted by Gasteiger charge is -2.11. The Labute approximate surface area is 106 Å². The Morgan fingerprint density at radius 1 is 1.16 bits per heavy atom. The molecule has 6 heteroatoms. The van der Waals surface area contributed by atoms with E-state index in [1.165, 1.54) is 12.3 Å². The number of hydrogen-bond donors (Lipinski definition) is 1. The van der Waals surface area contributed by atoms with Gasteiger partial charge in [-0.05, 0) is 36.2 Å². The summed E-state index contributed by atoms with van der Waals surface area (Å²) < 4.78 is 50.8. The Morgan fingerprint density at radius 3 is 2.37 bits per heavy atom. The number of anilines is 1. The predicted molar refractivity (Wildman–Crippen MR) is 63.8 cm³/mol. The van der Waals surface area contributed by atoms with Crippen LogP contribution in [-0.2, 0) is 6.18 Å². The highest BCUT2D eigenvalue weighted by Crippen LogP contribution is 2.34. The van der Waals surface area contributed by atoms with Gasteiger partial charge in [0, 0.05) is 11.8 Å². The van der Waals surface area contributed by atoms with Gasteiger partial charge < -0.3 is 5.73 Å². The predicted octanol–water partition coefficient (Wildman–Crippen LogP) is 3.80. The van der Waals surface area contributed by atoms with Gasteiger partial charge in [0.25, 0.3) is 0 Å². The third-order valence-electron chi connectivity index (χ3n) is 2.72. The fourth-order valence-corrected chi connectivity index (χ4v) is 1.79. The Kier molecular flexibility index (Phi) is 3.18. The summed E-state index contributed by atoms with van der Waals surface area (Å²) in [5, 5.41) is 0. The molecule has 0 atom stereocenters. The zero-order chi connectivity index (χ0) is 14.2. The molecule has 2 nitrogen and oxygen atoms in total. The summed E-state index contributed by atoms with van der Waals surface area (Å²) in [6.07, 6.45) is -3.29. The molecule has 0 aliphatic carbocycles. The molecule has 19 heavy (non-hydrogen) atoms. The minimum atomic E-state index is -4.70. The van der Waals surface area contributed by atoms with Crippen LogP contribution in [0.3, 0.4) is 0 Å². The molecule has 0 fully saturated rings. The zero-order valence-electron chi connectivity index (χ0n) is 9.92. The fourth-order valence-electron chi connectivity index (χ4n) is 1.79. The van der Waals surface area contributed by atoms with E-state index in [9.17, 15) is 17.6 Å². The summed E-state index contributed by atoms with van der Waals surface area (Å²) >= 11 is 0. The van der Waals surface area contributed by atoms with Crippen molar-refractivity contribution in [2.24, 2.45) is 0 Å². The van der Waals surface area contributed by atoms with Gasteiger partial charge >= 0.3 is 6.18 Å². The van der Waals surface area contributed by atoms with Gasteiger partial charge in [-0.15, -0.1) is 0 Å². The third kappa shape index (κ3) is 2.67. The van der Waals surface area contributed by atoms with Crippen LogP contribution in [0.25, 0.3) is 11.1 Å². The molecule has 0 saturated heterocycles. The standard InChI is InChI=1S/C13H10F4N2/c1-7-4-12(18)19-6-9(7)8-2-3-10(11(14)5-8)13(15,16)17/h2-6H,1H3,(H2,18,19). The van der Waals surface area contributed by atoms with Crippen LogP contribution in [0.4, 0.5) is 23.4 Å². The number of benzene rings is 1. The van der Waals surface area contributed by atoms with E-state index < -0.39 is 17.6 Å². The number of aryl methyl sites for hydroxylation is 1. The molecule has 0 amide bonds. The first-order valence-corrected chi connectivity index (χ1v) is 5.38. The van der Waals surface area contributed by atoms with E-state index in [0.29, 0.717) is 22.5 Å². The first-order valence-electron chi connectivity index (χ1n) is 5.38. The second-order valence-corrected chi connectivity index (χ2v) is 4.12. The molecule has 1 aromatic heterocycles. The Morgan fingerprint density at radius 2 is 1.84 bits per heavy atom. The van der Waals surface area contributed by atoms with Gasteiger partial charge in [0.05, 0.1) is 5.56 Å². The van der Waals surface area contributed by atoms with Crippen molar-refractivity contribution in [2.45, 2.75) is 13.1 Å². The van der Waals surface area contributed by atoms with Gasteiger partial charge in [-0.1, -0.05) is 6.07 Å². The Balaban J connectivity index is 2.51. The van der Waals surface area contributed by atoms with Crippen LogP contribution >= 0.6 is 0 Å². The molecule has 2 aromatic rings. The molecule has 100 valence electrons. The Hall–Kier alpha value is -2.11. The quantitative estimate of drug-likeness (QED) is 0.800. The van der Waals surface area contributed by atoms with Crippen LogP contribution in [0.15, 0.2) is 30.5 Å². The molecule has 1 heterocycles. The van der Waals surface area contributed by atoms with Crippen molar-refractivity contribution >= 4 is 5.82 Å². The Bertz CT molecular complexity index is 621. The molecule has 0 aliphatic rings. The van der Waals surface area contributed by atoms with Gasteiger partial charge in [0.15, 0.2) is 0 Å². The third-order valence-corrected chi connectivity index (χ3v) is 2.72. The van der Waals surface area contributed by atoms with Crippen LogP contribution in [0.1, 0.15) is 11.1 Å². The highest BCUT2D eigenvalue weighted by molar-refractivity contribution is 5.68. The maximum Gasteiger partial charge on any atom is 0.419 e. The largest absolute Gasteiger partial charge is 0.419 e. The average molecular weight is 270 g/mol. The van der Waals surface area contributed by atoms with E-state index >= 15 is 0 Å². The van der Waals surface area contributed by atoms with E-state index in [1.807, 2.05) is 0 Å². The van der Waals surface area contributed by atoms with Crippen molar-refractivity contribution < 1.29 is 17.6 Å². The summed E-state index contributed by atoms with van der Waals surface area (Å²) in [4.78, 5) is 3.85. The van der Waals surface area contributed by atoms with Crippen molar-refractivity contribution in [1.82, 2.24) is 4.98 Å². The fraction of sp³-hybridized carbons (Fsp3) is 0.154. The number of hydrogen-bond acceptors (Lipinski definition) is 2. The van der Waals surface area contributed by atoms with Gasteiger partial charge in [-0.3, -0.25) is 0 Å². The second-order valence-electron chi connectivity index (χ2n) is 4.12. The van der Waals surface area contributed by atoms with E-state index in [1.54, 1.807) is 13.0 Å². The van der Waals surface area contributed by atoms with Crippen molar-refractivity contribution in [2.75, 3.05) is 5.73 Å². The molecule has 0 unspecified atom stereocenters. The van der Waals surface area contributed by atoms with E-state index in [2.05, 4.69) is 4.98 Å². The van der Waals surface area contributed by atoms with Crippen LogP contribution in [0, 0.1) is 12.7 Å². The topological polar surface area (TPSA) is 38.9 Å². The van der Waals surface area contributed by atoms with Crippen LogP contribution in [-0.4, -0.2) is 4.98 Å². The zero-order valence-corrected chi connectivity index (χ0v) is 9.92. The summed E-state index contributed by atoms with van der Waals surface area (Å²) in [5.74, 6) is -1.00. The van der Waals surface area contributed by atoms with E-state index in [-0.39, 0.29) is 0 Å². The first-order chi connectivity index (χ1) is 8.79. The molecule has 0 aliphatic heterocycles. The maximum absolute atomic E-state index is 13.5. The summed E-state index contributed by atoms with van der Waals surface area (Å²) in [6, 6.07) is 4.36. The molecule has 0 radical (unpaired) electrons. The first kappa shape index (κ1) is 13.3. The number of halogens is 4. The monoisotopic (exact) mass is 270 g/mol. The molecular formula is C13H10F4N2. The summed E-state index contributed by atoms with van der Waals surface area (Å²) in [5.41, 5.74) is 5.79. The molecule has 0 saturated carbocycles. The number of pyridine rings is 1. The number of nitrogens with zero attached hydrogens (tertiary/aromatic N) is 1. The van der Waals surface area contributed by atoms with Gasteiger partial charge in [-0.2, -0.15) is 13.2 Å². The maximum atomic E-state index is 13.5. The number of nitrogen functional groups attached to an aromatic ring is 1. The minimum absolute atomic E-state index is 0.300. The number of rotatable bonds is 1. The van der Waals surface area contributed by atoms with Crippen LogP contribution in [0.5, 0.6) is 0 Å². The van der Waals surface area contributed by atoms with Crippen LogP contribution < -0.4 is 5.73 Å². The minimum Gasteiger partial charge on any atom is -0.384 e. The SMILES string of the molecule is Cc1cc(N)ncc1-c1ccc(C(F)(F)F)c(F)c1. The highest BCUT2D eigenvalue weighted by atomic mass is 19.4. The molecule has 2 N–H and O–H groups in total. The number of alkyl halides is 3. The molecule has 1 aromatic carbocycles. The summed E-state index contributed by atoms with van der Waals surface area (Å²) in [7, 11) is 0. The van der Waals surface area contributed by atoms with Crippen molar-refractivity contribution in [3.63, 3.8) is 0 Å². The lowest BCUT2D eigenvalue weighted by Crippen LogP contribution is -2.08. The van der Waals surface area contributed by atoms with E-state index in [4.69, 9.17) is 5.73 Å². The number of nitrogens with two attached hydrogens (primary N) is 1. The average Bonchev–Trinajstić information content (AvgIpc) is 2.26. The lowest BCUT2D eigenvalue weighted by atomic mass is 10.0.